The Morgan fingerprint density at radius 2 is 2.22 bits per heavy atom. The Hall–Kier alpha value is -1.26. The molecule has 1 rings (SSSR count). The molecular weight excluding hydrogens is 254 g/mol. The van der Waals surface area contributed by atoms with Gasteiger partial charge < -0.3 is 14.8 Å². The third-order valence-electron chi connectivity index (χ3n) is 2.39. The average Bonchev–Trinajstić information content (AvgIpc) is 2.38. The van der Waals surface area contributed by atoms with Crippen LogP contribution in [0.3, 0.4) is 0 Å². The maximum absolute atomic E-state index is 11.0. The topological polar surface area (TPSA) is 47.6 Å². The van der Waals surface area contributed by atoms with Crippen LogP contribution in [0, 0.1) is 0 Å². The monoisotopic (exact) mass is 271 g/mol. The van der Waals surface area contributed by atoms with Crippen LogP contribution < -0.4 is 10.1 Å². The second-order valence-corrected chi connectivity index (χ2v) is 4.09. The highest BCUT2D eigenvalue weighted by atomic mass is 35.5. The number of methoxy groups -OCH3 is 1. The highest BCUT2D eigenvalue weighted by molar-refractivity contribution is 6.32. The summed E-state index contributed by atoms with van der Waals surface area (Å²) >= 11 is 6.09. The zero-order valence-corrected chi connectivity index (χ0v) is 11.4. The number of rotatable bonds is 7. The van der Waals surface area contributed by atoms with Crippen molar-refractivity contribution >= 4 is 17.6 Å². The zero-order valence-electron chi connectivity index (χ0n) is 10.7. The Morgan fingerprint density at radius 1 is 1.44 bits per heavy atom. The molecule has 18 heavy (non-hydrogen) atoms. The van der Waals surface area contributed by atoms with E-state index in [1.165, 1.54) is 7.11 Å². The molecule has 4 nitrogen and oxygen atoms in total. The first-order chi connectivity index (χ1) is 8.69. The first kappa shape index (κ1) is 14.8. The molecule has 0 saturated carbocycles. The molecule has 0 aromatic heterocycles. The Kier molecular flexibility index (Phi) is 6.54. The lowest BCUT2D eigenvalue weighted by atomic mass is 10.2. The van der Waals surface area contributed by atoms with E-state index < -0.39 is 0 Å². The Labute approximate surface area is 112 Å². The lowest BCUT2D eigenvalue weighted by Crippen LogP contribution is -2.14. The molecule has 0 saturated heterocycles. The predicted molar refractivity (Wildman–Crippen MR) is 71.0 cm³/mol. The highest BCUT2D eigenvalue weighted by Gasteiger charge is 2.09. The molecule has 0 radical (unpaired) electrons. The predicted octanol–water partition coefficient (Wildman–Crippen LogP) is 2.39. The van der Waals surface area contributed by atoms with Gasteiger partial charge >= 0.3 is 5.97 Å². The number of carbonyl (C=O) groups excluding carboxylic acids is 1. The van der Waals surface area contributed by atoms with Gasteiger partial charge in [0.05, 0.1) is 25.2 Å². The van der Waals surface area contributed by atoms with Crippen LogP contribution in [0.2, 0.25) is 5.02 Å². The molecule has 1 aromatic rings. The number of benzene rings is 1. The van der Waals surface area contributed by atoms with Gasteiger partial charge in [0.25, 0.3) is 0 Å². The summed E-state index contributed by atoms with van der Waals surface area (Å²) in [5.74, 6) is 0.333. The van der Waals surface area contributed by atoms with Gasteiger partial charge in [-0.1, -0.05) is 30.7 Å². The fourth-order valence-electron chi connectivity index (χ4n) is 1.45. The lowest BCUT2D eigenvalue weighted by Gasteiger charge is -2.13. The van der Waals surface area contributed by atoms with E-state index in [4.69, 9.17) is 16.3 Å². The van der Waals surface area contributed by atoms with Crippen LogP contribution in [0.15, 0.2) is 18.2 Å². The maximum atomic E-state index is 11.0. The summed E-state index contributed by atoms with van der Waals surface area (Å²) in [4.78, 5) is 11.0. The number of esters is 1. The lowest BCUT2D eigenvalue weighted by molar-refractivity contribution is -0.141. The highest BCUT2D eigenvalue weighted by Crippen LogP contribution is 2.28. The van der Waals surface area contributed by atoms with Crippen molar-refractivity contribution < 1.29 is 14.3 Å². The van der Waals surface area contributed by atoms with Crippen molar-refractivity contribution in [2.75, 3.05) is 20.3 Å². The molecule has 0 aliphatic heterocycles. The molecule has 0 aliphatic rings. The molecular formula is C13H18ClNO3. The second-order valence-electron chi connectivity index (χ2n) is 3.68. The summed E-state index contributed by atoms with van der Waals surface area (Å²) in [7, 11) is 1.36. The van der Waals surface area contributed by atoms with Crippen molar-refractivity contribution in [3.8, 4) is 5.75 Å². The molecule has 0 heterocycles. The molecule has 5 heteroatoms. The number of hydrogen-bond acceptors (Lipinski definition) is 4. The third-order valence-corrected chi connectivity index (χ3v) is 2.69. The summed E-state index contributed by atoms with van der Waals surface area (Å²) in [6.07, 6.45) is 0.211. The Bertz CT molecular complexity index is 396. The minimum Gasteiger partial charge on any atom is -0.491 e. The number of para-hydroxylation sites is 1. The number of ether oxygens (including phenoxy) is 2. The summed E-state index contributed by atoms with van der Waals surface area (Å²) < 4.78 is 10.1. The van der Waals surface area contributed by atoms with Crippen molar-refractivity contribution in [3.63, 3.8) is 0 Å². The van der Waals surface area contributed by atoms with E-state index in [0.717, 1.165) is 12.1 Å². The van der Waals surface area contributed by atoms with Gasteiger partial charge in [-0.15, -0.1) is 0 Å². The fraction of sp³-hybridized carbons (Fsp3) is 0.462. The van der Waals surface area contributed by atoms with Crippen molar-refractivity contribution in [3.05, 3.63) is 28.8 Å². The van der Waals surface area contributed by atoms with Crippen molar-refractivity contribution in [1.82, 2.24) is 5.32 Å². The quantitative estimate of drug-likeness (QED) is 0.774. The average molecular weight is 272 g/mol. The van der Waals surface area contributed by atoms with Crippen molar-refractivity contribution in [2.45, 2.75) is 19.9 Å². The van der Waals surface area contributed by atoms with Gasteiger partial charge in [0.2, 0.25) is 0 Å². The van der Waals surface area contributed by atoms with E-state index in [0.29, 0.717) is 17.3 Å². The number of hydrogen-bond donors (Lipinski definition) is 1. The van der Waals surface area contributed by atoms with Crippen LogP contribution in [-0.4, -0.2) is 26.2 Å². The zero-order chi connectivity index (χ0) is 13.4. The van der Waals surface area contributed by atoms with E-state index in [9.17, 15) is 4.79 Å². The molecule has 0 amide bonds. The molecule has 0 atom stereocenters. The van der Waals surface area contributed by atoms with Gasteiger partial charge in [-0.25, -0.2) is 0 Å². The Balaban J connectivity index is 2.64. The van der Waals surface area contributed by atoms with Crippen molar-refractivity contribution in [1.29, 1.82) is 0 Å². The molecule has 1 aromatic carbocycles. The SMILES string of the molecule is CCNCc1cccc(Cl)c1OCCC(=O)OC. The van der Waals surface area contributed by atoms with E-state index in [2.05, 4.69) is 10.1 Å². The van der Waals surface area contributed by atoms with E-state index in [1.807, 2.05) is 19.1 Å². The second kappa shape index (κ2) is 7.95. The summed E-state index contributed by atoms with van der Waals surface area (Å²) in [6, 6.07) is 5.59. The number of nitrogens with one attached hydrogen (secondary N) is 1. The molecule has 0 bridgehead atoms. The minimum atomic E-state index is -0.296. The minimum absolute atomic E-state index is 0.211. The van der Waals surface area contributed by atoms with Crippen LogP contribution >= 0.6 is 11.6 Å². The van der Waals surface area contributed by atoms with Crippen LogP contribution in [0.4, 0.5) is 0 Å². The van der Waals surface area contributed by atoms with Gasteiger partial charge in [0, 0.05) is 12.1 Å². The van der Waals surface area contributed by atoms with Gasteiger partial charge in [-0.05, 0) is 12.6 Å². The van der Waals surface area contributed by atoms with Gasteiger partial charge in [0.15, 0.2) is 0 Å². The molecule has 0 aliphatic carbocycles. The van der Waals surface area contributed by atoms with Gasteiger partial charge in [-0.3, -0.25) is 4.79 Å². The maximum Gasteiger partial charge on any atom is 0.308 e. The largest absolute Gasteiger partial charge is 0.491 e. The Morgan fingerprint density at radius 3 is 2.89 bits per heavy atom. The number of carbonyl (C=O) groups is 1. The van der Waals surface area contributed by atoms with E-state index in [-0.39, 0.29) is 19.0 Å². The van der Waals surface area contributed by atoms with Crippen LogP contribution in [0.1, 0.15) is 18.9 Å². The summed E-state index contributed by atoms with van der Waals surface area (Å²) in [6.45, 7) is 3.84. The first-order valence-corrected chi connectivity index (χ1v) is 6.24. The van der Waals surface area contributed by atoms with E-state index >= 15 is 0 Å². The number of halogens is 1. The molecule has 100 valence electrons. The van der Waals surface area contributed by atoms with Gasteiger partial charge in [-0.2, -0.15) is 0 Å². The van der Waals surface area contributed by atoms with E-state index in [1.54, 1.807) is 6.07 Å². The van der Waals surface area contributed by atoms with Crippen molar-refractivity contribution in [2.24, 2.45) is 0 Å². The smallest absolute Gasteiger partial charge is 0.308 e. The fourth-order valence-corrected chi connectivity index (χ4v) is 1.70. The first-order valence-electron chi connectivity index (χ1n) is 5.86. The molecule has 1 N–H and O–H groups in total. The normalized spacial score (nSPS) is 10.2. The molecule has 0 spiro atoms. The summed E-state index contributed by atoms with van der Waals surface area (Å²) in [5.41, 5.74) is 0.981. The molecule has 0 unspecified atom stereocenters. The summed E-state index contributed by atoms with van der Waals surface area (Å²) in [5, 5.41) is 3.76. The molecule has 0 fully saturated rings. The van der Waals surface area contributed by atoms with Crippen LogP contribution in [0.25, 0.3) is 0 Å². The van der Waals surface area contributed by atoms with Crippen LogP contribution in [-0.2, 0) is 16.1 Å². The van der Waals surface area contributed by atoms with Gasteiger partial charge in [0.1, 0.15) is 5.75 Å². The van der Waals surface area contributed by atoms with Crippen LogP contribution in [0.5, 0.6) is 5.75 Å². The third kappa shape index (κ3) is 4.55. The standard InChI is InChI=1S/C13H18ClNO3/c1-3-15-9-10-5-4-6-11(14)13(10)18-8-7-12(16)17-2/h4-6,15H,3,7-9H2,1-2H3.